The van der Waals surface area contributed by atoms with Crippen molar-refractivity contribution in [3.05, 3.63) is 30.0 Å². The van der Waals surface area contributed by atoms with Crippen molar-refractivity contribution in [2.75, 3.05) is 0 Å². The maximum atomic E-state index is 12.6. The third kappa shape index (κ3) is 7.78. The summed E-state index contributed by atoms with van der Waals surface area (Å²) < 4.78 is 17.0. The molecule has 28 heavy (non-hydrogen) atoms. The zero-order valence-electron chi connectivity index (χ0n) is 18.3. The molecule has 0 aromatic carbocycles. The van der Waals surface area contributed by atoms with Crippen LogP contribution in [-0.4, -0.2) is 22.7 Å². The van der Waals surface area contributed by atoms with Crippen molar-refractivity contribution in [2.24, 2.45) is 11.8 Å². The SMILES string of the molecule is C=C(C)CC(CCC1CCCC(OCc2ncoc2C)C1)C(=O)OC(C)(C)C. The van der Waals surface area contributed by atoms with Gasteiger partial charge in [-0.15, -0.1) is 6.58 Å². The minimum atomic E-state index is -0.451. The van der Waals surface area contributed by atoms with Gasteiger partial charge in [-0.3, -0.25) is 4.79 Å². The summed E-state index contributed by atoms with van der Waals surface area (Å²) in [4.78, 5) is 16.8. The molecule has 0 saturated heterocycles. The molecule has 158 valence electrons. The molecule has 1 aliphatic rings. The second kappa shape index (κ2) is 10.2. The van der Waals surface area contributed by atoms with Gasteiger partial charge in [0.2, 0.25) is 0 Å². The van der Waals surface area contributed by atoms with Crippen LogP contribution in [-0.2, 0) is 20.9 Å². The monoisotopic (exact) mass is 391 g/mol. The van der Waals surface area contributed by atoms with E-state index in [9.17, 15) is 4.79 Å². The first kappa shape index (κ1) is 22.7. The second-order valence-corrected chi connectivity index (χ2v) is 9.29. The van der Waals surface area contributed by atoms with Crippen LogP contribution in [0.1, 0.15) is 84.1 Å². The number of allylic oxidation sites excluding steroid dienone is 1. The average Bonchev–Trinajstić information content (AvgIpc) is 3.00. The molecule has 5 heteroatoms. The van der Waals surface area contributed by atoms with Crippen molar-refractivity contribution in [1.29, 1.82) is 0 Å². The first-order chi connectivity index (χ1) is 13.1. The molecule has 0 radical (unpaired) electrons. The molecular weight excluding hydrogens is 354 g/mol. The highest BCUT2D eigenvalue weighted by Gasteiger charge is 2.28. The molecule has 1 fully saturated rings. The zero-order valence-corrected chi connectivity index (χ0v) is 18.3. The van der Waals surface area contributed by atoms with Gasteiger partial charge in [0.15, 0.2) is 6.39 Å². The van der Waals surface area contributed by atoms with Crippen LogP contribution < -0.4 is 0 Å². The first-order valence-electron chi connectivity index (χ1n) is 10.5. The highest BCUT2D eigenvalue weighted by molar-refractivity contribution is 5.73. The van der Waals surface area contributed by atoms with Crippen LogP contribution in [0.5, 0.6) is 0 Å². The Labute approximate surface area is 169 Å². The minimum absolute atomic E-state index is 0.0967. The fraction of sp³-hybridized carbons (Fsp3) is 0.739. The Balaban J connectivity index is 1.83. The normalized spacial score (nSPS) is 21.3. The van der Waals surface area contributed by atoms with E-state index in [0.29, 0.717) is 18.9 Å². The number of esters is 1. The van der Waals surface area contributed by atoms with Gasteiger partial charge >= 0.3 is 5.97 Å². The first-order valence-corrected chi connectivity index (χ1v) is 10.5. The molecule has 5 nitrogen and oxygen atoms in total. The predicted octanol–water partition coefficient (Wildman–Crippen LogP) is 5.76. The second-order valence-electron chi connectivity index (χ2n) is 9.29. The van der Waals surface area contributed by atoms with Crippen molar-refractivity contribution in [2.45, 2.75) is 97.9 Å². The number of aromatic nitrogens is 1. The molecule has 1 saturated carbocycles. The molecule has 1 heterocycles. The predicted molar refractivity (Wildman–Crippen MR) is 110 cm³/mol. The summed E-state index contributed by atoms with van der Waals surface area (Å²) in [6, 6.07) is 0. The van der Waals surface area contributed by atoms with Crippen molar-refractivity contribution < 1.29 is 18.7 Å². The lowest BCUT2D eigenvalue weighted by Gasteiger charge is -2.30. The van der Waals surface area contributed by atoms with Gasteiger partial charge in [0.05, 0.1) is 18.6 Å². The third-order valence-electron chi connectivity index (χ3n) is 5.29. The topological polar surface area (TPSA) is 61.6 Å². The zero-order chi connectivity index (χ0) is 20.7. The number of hydrogen-bond acceptors (Lipinski definition) is 5. The molecule has 1 aromatic rings. The molecule has 1 aliphatic carbocycles. The van der Waals surface area contributed by atoms with Crippen LogP contribution in [0, 0.1) is 18.8 Å². The Morgan fingerprint density at radius 1 is 1.39 bits per heavy atom. The number of carbonyl (C=O) groups excluding carboxylic acids is 1. The molecule has 0 spiro atoms. The Kier molecular flexibility index (Phi) is 8.29. The van der Waals surface area contributed by atoms with Gasteiger partial charge in [0.1, 0.15) is 17.1 Å². The summed E-state index contributed by atoms with van der Waals surface area (Å²) in [6.07, 6.45) is 8.82. The Bertz CT molecular complexity index is 643. The highest BCUT2D eigenvalue weighted by atomic mass is 16.6. The molecule has 1 aromatic heterocycles. The van der Waals surface area contributed by atoms with Crippen molar-refractivity contribution >= 4 is 5.97 Å². The molecule has 3 unspecified atom stereocenters. The molecule has 0 aliphatic heterocycles. The Morgan fingerprint density at radius 3 is 2.75 bits per heavy atom. The van der Waals surface area contributed by atoms with Gasteiger partial charge in [-0.05, 0) is 72.6 Å². The van der Waals surface area contributed by atoms with Crippen LogP contribution >= 0.6 is 0 Å². The maximum absolute atomic E-state index is 12.6. The fourth-order valence-corrected chi connectivity index (χ4v) is 3.86. The van der Waals surface area contributed by atoms with E-state index < -0.39 is 5.60 Å². The van der Waals surface area contributed by atoms with E-state index in [4.69, 9.17) is 13.9 Å². The number of aryl methyl sites for hydroxylation is 1. The van der Waals surface area contributed by atoms with E-state index in [2.05, 4.69) is 11.6 Å². The van der Waals surface area contributed by atoms with Crippen molar-refractivity contribution in [1.82, 2.24) is 4.98 Å². The van der Waals surface area contributed by atoms with Crippen LogP contribution in [0.4, 0.5) is 0 Å². The maximum Gasteiger partial charge on any atom is 0.309 e. The van der Waals surface area contributed by atoms with Gasteiger partial charge < -0.3 is 13.9 Å². The summed E-state index contributed by atoms with van der Waals surface area (Å²) in [7, 11) is 0. The summed E-state index contributed by atoms with van der Waals surface area (Å²) in [5.41, 5.74) is 1.46. The lowest BCUT2D eigenvalue weighted by atomic mass is 9.81. The summed E-state index contributed by atoms with van der Waals surface area (Å²) in [5, 5.41) is 0. The summed E-state index contributed by atoms with van der Waals surface area (Å²) >= 11 is 0. The van der Waals surface area contributed by atoms with Crippen molar-refractivity contribution in [3.8, 4) is 0 Å². The van der Waals surface area contributed by atoms with E-state index >= 15 is 0 Å². The van der Waals surface area contributed by atoms with Crippen molar-refractivity contribution in [3.63, 3.8) is 0 Å². The molecule has 0 N–H and O–H groups in total. The lowest BCUT2D eigenvalue weighted by molar-refractivity contribution is -0.160. The Morgan fingerprint density at radius 2 is 2.14 bits per heavy atom. The number of oxazole rings is 1. The van der Waals surface area contributed by atoms with Crippen LogP contribution in [0.15, 0.2) is 23.0 Å². The number of carbonyl (C=O) groups is 1. The highest BCUT2D eigenvalue weighted by Crippen LogP contribution is 2.32. The number of rotatable bonds is 9. The standard InChI is InChI=1S/C23H37NO4/c1-16(2)12-19(22(25)28-23(4,5)6)11-10-18-8-7-9-20(13-18)26-14-21-17(3)27-15-24-21/h15,18-20H,1,7-14H2,2-6H3. The van der Waals surface area contributed by atoms with Crippen LogP contribution in [0.2, 0.25) is 0 Å². The molecule has 3 atom stereocenters. The fourth-order valence-electron chi connectivity index (χ4n) is 3.86. The van der Waals surface area contributed by atoms with Gasteiger partial charge in [0.25, 0.3) is 0 Å². The lowest BCUT2D eigenvalue weighted by Crippen LogP contribution is -2.30. The molecule has 2 rings (SSSR count). The molecule has 0 amide bonds. The largest absolute Gasteiger partial charge is 0.460 e. The Hall–Kier alpha value is -1.62. The van der Waals surface area contributed by atoms with E-state index in [1.54, 1.807) is 0 Å². The number of ether oxygens (including phenoxy) is 2. The van der Waals surface area contributed by atoms with Gasteiger partial charge in [-0.1, -0.05) is 18.4 Å². The number of nitrogens with zero attached hydrogens (tertiary/aromatic N) is 1. The van der Waals surface area contributed by atoms with E-state index in [1.165, 1.54) is 19.2 Å². The quantitative estimate of drug-likeness (QED) is 0.395. The van der Waals surface area contributed by atoms with Crippen LogP contribution in [0.25, 0.3) is 0 Å². The third-order valence-corrected chi connectivity index (χ3v) is 5.29. The number of hydrogen-bond donors (Lipinski definition) is 0. The van der Waals surface area contributed by atoms with E-state index in [0.717, 1.165) is 42.7 Å². The average molecular weight is 392 g/mol. The van der Waals surface area contributed by atoms with E-state index in [1.807, 2.05) is 34.6 Å². The smallest absolute Gasteiger partial charge is 0.309 e. The molecular formula is C23H37NO4. The van der Waals surface area contributed by atoms with E-state index in [-0.39, 0.29) is 18.0 Å². The van der Waals surface area contributed by atoms with Crippen LogP contribution in [0.3, 0.4) is 0 Å². The summed E-state index contributed by atoms with van der Waals surface area (Å²) in [5.74, 6) is 1.22. The van der Waals surface area contributed by atoms with Gasteiger partial charge in [-0.2, -0.15) is 0 Å². The van der Waals surface area contributed by atoms with Gasteiger partial charge in [-0.25, -0.2) is 4.98 Å². The summed E-state index contributed by atoms with van der Waals surface area (Å²) in [6.45, 7) is 14.2. The minimum Gasteiger partial charge on any atom is -0.460 e. The molecule has 0 bridgehead atoms. The van der Waals surface area contributed by atoms with Gasteiger partial charge in [0, 0.05) is 0 Å².